The molecule has 45 valence electrons. The molecule has 0 saturated carbocycles. The van der Waals surface area contributed by atoms with Crippen LogP contribution in [0.25, 0.3) is 0 Å². The second-order valence-corrected chi connectivity index (χ2v) is 1.77. The van der Waals surface area contributed by atoms with Gasteiger partial charge in [-0.25, -0.2) is 4.21 Å². The van der Waals surface area contributed by atoms with Crippen molar-refractivity contribution in [1.82, 2.24) is 4.98 Å². The number of hydrogen-bond acceptors (Lipinski definition) is 2. The minimum absolute atomic E-state index is 0.292. The first-order chi connectivity index (χ1) is 4.43. The van der Waals surface area contributed by atoms with Crippen LogP contribution in [-0.2, 0) is 11.3 Å². The highest BCUT2D eigenvalue weighted by atomic mass is 32.1. The van der Waals surface area contributed by atoms with Crippen molar-refractivity contribution in [3.05, 3.63) is 30.1 Å². The van der Waals surface area contributed by atoms with E-state index < -0.39 is 0 Å². The maximum absolute atomic E-state index is 9.86. The Morgan fingerprint density at radius 1 is 1.56 bits per heavy atom. The average Bonchev–Trinajstić information content (AvgIpc) is 1.91. The largest absolute Gasteiger partial charge is 0.255 e. The summed E-state index contributed by atoms with van der Waals surface area (Å²) in [5.41, 5.74) is 0.595. The summed E-state index contributed by atoms with van der Waals surface area (Å²) in [6.07, 6.45) is 1.62. The second kappa shape index (κ2) is 3.14. The SMILES string of the molecule is O=S=[C]c1ccccn1. The number of nitrogens with zero attached hydrogens (tertiary/aromatic N) is 1. The first kappa shape index (κ1) is 6.16. The molecule has 2 nitrogen and oxygen atoms in total. The molecule has 9 heavy (non-hydrogen) atoms. The lowest BCUT2D eigenvalue weighted by Crippen LogP contribution is -1.82. The molecule has 0 fully saturated rings. The first-order valence-corrected chi connectivity index (χ1v) is 3.13. The van der Waals surface area contributed by atoms with Crippen molar-refractivity contribution in [3.8, 4) is 0 Å². The van der Waals surface area contributed by atoms with E-state index in [0.717, 1.165) is 0 Å². The predicted molar refractivity (Wildman–Crippen MR) is 36.5 cm³/mol. The zero-order valence-corrected chi connectivity index (χ0v) is 5.39. The Balaban J connectivity index is 2.97. The van der Waals surface area contributed by atoms with Gasteiger partial charge in [-0.3, -0.25) is 4.98 Å². The molecule has 0 bridgehead atoms. The lowest BCUT2D eigenvalue weighted by atomic mass is 10.4. The summed E-state index contributed by atoms with van der Waals surface area (Å²) < 4.78 is 9.86. The Hall–Kier alpha value is -0.960. The zero-order valence-electron chi connectivity index (χ0n) is 4.57. The molecule has 0 aliphatic rings. The molecule has 3 heteroatoms. The number of aromatic nitrogens is 1. The van der Waals surface area contributed by atoms with E-state index in [1.165, 1.54) is 0 Å². The number of pyridine rings is 1. The molecule has 1 aromatic rings. The van der Waals surface area contributed by atoms with Crippen LogP contribution in [0.5, 0.6) is 0 Å². The smallest absolute Gasteiger partial charge is 0.116 e. The highest BCUT2D eigenvalue weighted by molar-refractivity contribution is 7.65. The normalized spacial score (nSPS) is 8.44. The lowest BCUT2D eigenvalue weighted by molar-refractivity contribution is 0.701. The van der Waals surface area contributed by atoms with Crippen molar-refractivity contribution in [1.29, 1.82) is 0 Å². The number of hydrogen-bond donors (Lipinski definition) is 0. The topological polar surface area (TPSA) is 30.0 Å². The van der Waals surface area contributed by atoms with E-state index in [4.69, 9.17) is 0 Å². The molecule has 0 spiro atoms. The van der Waals surface area contributed by atoms with Gasteiger partial charge in [0.25, 0.3) is 0 Å². The van der Waals surface area contributed by atoms with Gasteiger partial charge in [0.1, 0.15) is 16.6 Å². The molecule has 1 radical (unpaired) electrons. The van der Waals surface area contributed by atoms with Gasteiger partial charge in [-0.15, -0.1) is 0 Å². The Morgan fingerprint density at radius 2 is 2.44 bits per heavy atom. The van der Waals surface area contributed by atoms with Gasteiger partial charge in [0, 0.05) is 6.20 Å². The van der Waals surface area contributed by atoms with Crippen LogP contribution < -0.4 is 0 Å². The molecule has 0 aliphatic carbocycles. The van der Waals surface area contributed by atoms with Gasteiger partial charge in [-0.1, -0.05) is 6.07 Å². The van der Waals surface area contributed by atoms with E-state index in [1.54, 1.807) is 18.3 Å². The summed E-state index contributed by atoms with van der Waals surface area (Å²) in [6.45, 7) is 0. The molecule has 1 heterocycles. The first-order valence-electron chi connectivity index (χ1n) is 2.39. The van der Waals surface area contributed by atoms with E-state index in [2.05, 4.69) is 10.4 Å². The summed E-state index contributed by atoms with van der Waals surface area (Å²) in [7, 11) is 0. The molecule has 0 aliphatic heterocycles. The maximum atomic E-state index is 9.86. The maximum Gasteiger partial charge on any atom is 0.116 e. The fourth-order valence-corrected chi connectivity index (χ4v) is 0.672. The van der Waals surface area contributed by atoms with E-state index >= 15 is 0 Å². The highest BCUT2D eigenvalue weighted by Crippen LogP contribution is 1.85. The summed E-state index contributed by atoms with van der Waals surface area (Å²) in [5.74, 6) is 0. The molecule has 0 amide bonds. The van der Waals surface area contributed by atoms with Crippen LogP contribution in [0.1, 0.15) is 5.69 Å². The summed E-state index contributed by atoms with van der Waals surface area (Å²) in [4.78, 5) is 3.84. The number of rotatable bonds is 1. The van der Waals surface area contributed by atoms with Crippen molar-refractivity contribution in [3.63, 3.8) is 0 Å². The Kier molecular flexibility index (Phi) is 2.15. The van der Waals surface area contributed by atoms with Crippen LogP contribution >= 0.6 is 0 Å². The Morgan fingerprint density at radius 3 is 3.00 bits per heavy atom. The third-order valence-electron chi connectivity index (χ3n) is 0.811. The van der Waals surface area contributed by atoms with E-state index in [0.29, 0.717) is 16.9 Å². The molecular weight excluding hydrogens is 134 g/mol. The molecule has 0 atom stereocenters. The van der Waals surface area contributed by atoms with Crippen molar-refractivity contribution in [2.24, 2.45) is 0 Å². The van der Waals surface area contributed by atoms with E-state index in [9.17, 15) is 4.21 Å². The van der Waals surface area contributed by atoms with Crippen molar-refractivity contribution < 1.29 is 4.21 Å². The minimum Gasteiger partial charge on any atom is -0.255 e. The molecule has 0 unspecified atom stereocenters. The second-order valence-electron chi connectivity index (χ2n) is 1.40. The van der Waals surface area contributed by atoms with E-state index in [-0.39, 0.29) is 0 Å². The van der Waals surface area contributed by atoms with Gasteiger partial charge in [0.05, 0.1) is 5.69 Å². The zero-order chi connectivity index (χ0) is 6.53. The standard InChI is InChI=1S/C6H4NOS/c8-9-5-6-3-1-2-4-7-6/h1-4H. The van der Waals surface area contributed by atoms with Crippen LogP contribution in [0.2, 0.25) is 0 Å². The summed E-state index contributed by atoms with van der Waals surface area (Å²) >= 11 is 0.292. The van der Waals surface area contributed by atoms with Crippen LogP contribution in [0.4, 0.5) is 0 Å². The third-order valence-corrected chi connectivity index (χ3v) is 1.10. The molecule has 0 aromatic carbocycles. The van der Waals surface area contributed by atoms with E-state index in [1.807, 2.05) is 6.07 Å². The summed E-state index contributed by atoms with van der Waals surface area (Å²) in [5, 5.41) is 2.46. The molecule has 1 rings (SSSR count). The quantitative estimate of drug-likeness (QED) is 0.523. The fourth-order valence-electron chi connectivity index (χ4n) is 0.466. The van der Waals surface area contributed by atoms with Gasteiger partial charge < -0.3 is 0 Å². The Labute approximate surface area is 56.6 Å². The monoisotopic (exact) mass is 138 g/mol. The van der Waals surface area contributed by atoms with Crippen LogP contribution in [0.15, 0.2) is 24.4 Å². The van der Waals surface area contributed by atoms with Crippen molar-refractivity contribution >= 4 is 16.6 Å². The molecular formula is C6H4NOS. The van der Waals surface area contributed by atoms with Crippen molar-refractivity contribution in [2.75, 3.05) is 0 Å². The van der Waals surface area contributed by atoms with Crippen molar-refractivity contribution in [2.45, 2.75) is 0 Å². The van der Waals surface area contributed by atoms with Gasteiger partial charge in [0.2, 0.25) is 0 Å². The van der Waals surface area contributed by atoms with Gasteiger partial charge in [0.15, 0.2) is 0 Å². The lowest BCUT2D eigenvalue weighted by Gasteiger charge is -1.82. The Bertz CT molecular complexity index is 228. The summed E-state index contributed by atoms with van der Waals surface area (Å²) in [6, 6.07) is 5.33. The van der Waals surface area contributed by atoms with Crippen LogP contribution in [-0.4, -0.2) is 14.6 Å². The van der Waals surface area contributed by atoms with Crippen LogP contribution in [0, 0.1) is 0 Å². The minimum atomic E-state index is 0.292. The average molecular weight is 138 g/mol. The highest BCUT2D eigenvalue weighted by Gasteiger charge is 1.82. The predicted octanol–water partition coefficient (Wildman–Crippen LogP) is 0.322. The fraction of sp³-hybridized carbons (Fsp3) is 0. The molecule has 0 saturated heterocycles. The van der Waals surface area contributed by atoms with Crippen LogP contribution in [0.3, 0.4) is 0 Å². The van der Waals surface area contributed by atoms with Gasteiger partial charge in [-0.2, -0.15) is 0 Å². The third kappa shape index (κ3) is 1.77. The molecule has 1 aromatic heterocycles. The van der Waals surface area contributed by atoms with Gasteiger partial charge in [-0.05, 0) is 12.1 Å². The van der Waals surface area contributed by atoms with Gasteiger partial charge >= 0.3 is 0 Å². The molecule has 0 N–H and O–H groups in total.